The van der Waals surface area contributed by atoms with Gasteiger partial charge in [-0.1, -0.05) is 25.1 Å². The molecule has 1 nitrogen and oxygen atoms in total. The van der Waals surface area contributed by atoms with Gasteiger partial charge in [-0.2, -0.15) is 0 Å². The minimum atomic E-state index is -0.446. The van der Waals surface area contributed by atoms with E-state index in [2.05, 4.69) is 6.58 Å². The van der Waals surface area contributed by atoms with Crippen LogP contribution in [0.5, 0.6) is 0 Å². The summed E-state index contributed by atoms with van der Waals surface area (Å²) >= 11 is 11.3. The lowest BCUT2D eigenvalue weighted by Gasteiger charge is -2.19. The van der Waals surface area contributed by atoms with Crippen molar-refractivity contribution in [3.05, 3.63) is 11.6 Å². The van der Waals surface area contributed by atoms with Gasteiger partial charge in [-0.3, -0.25) is 0 Å². The molecule has 0 rings (SSSR count). The molecular weight excluding hydrogens is 171 g/mol. The van der Waals surface area contributed by atoms with E-state index in [4.69, 9.17) is 28.3 Å². The molecule has 0 spiro atoms. The zero-order valence-electron chi connectivity index (χ0n) is 6.14. The van der Waals surface area contributed by atoms with E-state index >= 15 is 0 Å². The monoisotopic (exact) mass is 182 g/mol. The summed E-state index contributed by atoms with van der Waals surface area (Å²) in [6, 6.07) is 0. The number of rotatable bonds is 3. The van der Waals surface area contributed by atoms with Gasteiger partial charge in [0, 0.05) is 11.0 Å². The van der Waals surface area contributed by atoms with Crippen molar-refractivity contribution in [3.8, 4) is 0 Å². The van der Waals surface area contributed by atoms with Crippen LogP contribution in [0.2, 0.25) is 0 Å². The topological polar surface area (TPSA) is 20.2 Å². The molecule has 0 bridgehead atoms. The van der Waals surface area contributed by atoms with Crippen molar-refractivity contribution >= 4 is 23.2 Å². The minimum absolute atomic E-state index is 0.0494. The highest BCUT2D eigenvalue weighted by molar-refractivity contribution is 6.37. The van der Waals surface area contributed by atoms with Crippen molar-refractivity contribution in [2.24, 2.45) is 5.92 Å². The molecule has 0 fully saturated rings. The summed E-state index contributed by atoms with van der Waals surface area (Å²) in [5, 5.41) is 9.09. The number of halogens is 2. The first kappa shape index (κ1) is 10.3. The molecule has 0 aromatic carbocycles. The summed E-state index contributed by atoms with van der Waals surface area (Å²) in [6.45, 7) is 6.99. The molecule has 0 aromatic heterocycles. The van der Waals surface area contributed by atoms with Gasteiger partial charge in [-0.25, -0.2) is 0 Å². The molecule has 0 saturated carbocycles. The van der Waals surface area contributed by atoms with E-state index < -0.39 is 6.10 Å². The van der Waals surface area contributed by atoms with Crippen LogP contribution in [-0.4, -0.2) is 16.6 Å². The first-order valence-corrected chi connectivity index (χ1v) is 3.94. The first-order valence-electron chi connectivity index (χ1n) is 3.13. The summed E-state index contributed by atoms with van der Waals surface area (Å²) in [4.78, 5) is 0. The Morgan fingerprint density at radius 2 is 1.90 bits per heavy atom. The molecule has 0 heterocycles. The van der Waals surface area contributed by atoms with Crippen LogP contribution < -0.4 is 0 Å². The summed E-state index contributed by atoms with van der Waals surface area (Å²) in [6.07, 6.45) is -0.446. The van der Waals surface area contributed by atoms with Gasteiger partial charge in [0.05, 0.1) is 11.5 Å². The van der Waals surface area contributed by atoms with Gasteiger partial charge in [0.2, 0.25) is 0 Å². The number of hydrogen-bond donors (Lipinski definition) is 1. The van der Waals surface area contributed by atoms with E-state index in [-0.39, 0.29) is 11.3 Å². The number of aliphatic hydroxyl groups is 1. The molecule has 0 saturated heterocycles. The molecule has 0 aliphatic carbocycles. The van der Waals surface area contributed by atoms with E-state index in [0.29, 0.717) is 5.03 Å². The third kappa shape index (κ3) is 2.91. The maximum absolute atomic E-state index is 9.06. The van der Waals surface area contributed by atoms with Gasteiger partial charge in [0.15, 0.2) is 0 Å². The lowest BCUT2D eigenvalue weighted by molar-refractivity contribution is 0.137. The number of hydrogen-bond acceptors (Lipinski definition) is 1. The van der Waals surface area contributed by atoms with Crippen LogP contribution in [0.25, 0.3) is 0 Å². The lowest BCUT2D eigenvalue weighted by Crippen LogP contribution is -2.23. The average molecular weight is 183 g/mol. The molecule has 60 valence electrons. The Labute approximate surface area is 71.6 Å². The molecule has 0 aromatic rings. The molecule has 2 unspecified atom stereocenters. The Bertz CT molecular complexity index is 123. The molecule has 0 radical (unpaired) electrons. The third-order valence-electron chi connectivity index (χ3n) is 1.52. The Morgan fingerprint density at radius 3 is 2.00 bits per heavy atom. The average Bonchev–Trinajstić information content (AvgIpc) is 1.84. The summed E-state index contributed by atoms with van der Waals surface area (Å²) in [5.74, 6) is -0.0494. The highest BCUT2D eigenvalue weighted by atomic mass is 35.5. The molecule has 10 heavy (non-hydrogen) atoms. The fourth-order valence-electron chi connectivity index (χ4n) is 0.530. The van der Waals surface area contributed by atoms with E-state index in [1.807, 2.05) is 6.92 Å². The second-order valence-corrected chi connectivity index (χ2v) is 3.40. The van der Waals surface area contributed by atoms with Crippen molar-refractivity contribution in [1.82, 2.24) is 0 Å². The van der Waals surface area contributed by atoms with Crippen LogP contribution in [0.1, 0.15) is 13.8 Å². The molecule has 0 aliphatic heterocycles. The highest BCUT2D eigenvalue weighted by Crippen LogP contribution is 2.23. The van der Waals surface area contributed by atoms with Crippen LogP contribution in [-0.2, 0) is 0 Å². The largest absolute Gasteiger partial charge is 0.393 e. The zero-order chi connectivity index (χ0) is 8.31. The van der Waals surface area contributed by atoms with E-state index in [0.717, 1.165) is 0 Å². The van der Waals surface area contributed by atoms with Crippen LogP contribution in [0, 0.1) is 5.92 Å². The summed E-state index contributed by atoms with van der Waals surface area (Å²) in [7, 11) is 0. The van der Waals surface area contributed by atoms with Gasteiger partial charge in [0.25, 0.3) is 0 Å². The quantitative estimate of drug-likeness (QED) is 0.666. The number of aliphatic hydroxyl groups excluding tert-OH is 1. The predicted octanol–water partition coefficient (Wildman–Crippen LogP) is 2.36. The summed E-state index contributed by atoms with van der Waals surface area (Å²) < 4.78 is 0. The van der Waals surface area contributed by atoms with Crippen molar-refractivity contribution in [2.75, 3.05) is 0 Å². The van der Waals surface area contributed by atoms with Gasteiger partial charge < -0.3 is 5.11 Å². The fourth-order valence-corrected chi connectivity index (χ4v) is 0.939. The van der Waals surface area contributed by atoms with Crippen molar-refractivity contribution in [3.63, 3.8) is 0 Å². The second kappa shape index (κ2) is 4.22. The van der Waals surface area contributed by atoms with E-state index in [1.165, 1.54) is 0 Å². The molecule has 0 amide bonds. The Kier molecular flexibility index (Phi) is 4.34. The van der Waals surface area contributed by atoms with Gasteiger partial charge in [0.1, 0.15) is 0 Å². The van der Waals surface area contributed by atoms with Crippen molar-refractivity contribution < 1.29 is 5.11 Å². The Balaban J connectivity index is 3.94. The maximum atomic E-state index is 9.06. The van der Waals surface area contributed by atoms with Crippen LogP contribution in [0.3, 0.4) is 0 Å². The van der Waals surface area contributed by atoms with E-state index in [9.17, 15) is 0 Å². The fraction of sp³-hybridized carbons (Fsp3) is 0.714. The van der Waals surface area contributed by atoms with Gasteiger partial charge >= 0.3 is 0 Å². The standard InChI is InChI=1S/C7H12Cl2O/c1-4(6(3)10)7(9)5(2)8/h4,6-7,10H,2H2,1,3H3/t4?,6-,7?/m0/s1. The molecule has 0 aliphatic rings. The van der Waals surface area contributed by atoms with Crippen LogP contribution in [0.15, 0.2) is 11.6 Å². The normalized spacial score (nSPS) is 19.7. The highest BCUT2D eigenvalue weighted by Gasteiger charge is 2.20. The Hall–Kier alpha value is 0.280. The maximum Gasteiger partial charge on any atom is 0.0736 e. The number of alkyl halides is 1. The lowest BCUT2D eigenvalue weighted by atomic mass is 10.0. The predicted molar refractivity (Wildman–Crippen MR) is 45.5 cm³/mol. The van der Waals surface area contributed by atoms with Gasteiger partial charge in [-0.05, 0) is 6.92 Å². The van der Waals surface area contributed by atoms with Crippen molar-refractivity contribution in [2.45, 2.75) is 25.3 Å². The molecule has 1 N–H and O–H groups in total. The molecule has 3 heteroatoms. The third-order valence-corrected chi connectivity index (χ3v) is 2.53. The number of allylic oxidation sites excluding steroid dienone is 1. The molecular formula is C7H12Cl2O. The van der Waals surface area contributed by atoms with Gasteiger partial charge in [-0.15, -0.1) is 11.6 Å². The minimum Gasteiger partial charge on any atom is -0.393 e. The molecule has 3 atom stereocenters. The van der Waals surface area contributed by atoms with Crippen LogP contribution >= 0.6 is 23.2 Å². The second-order valence-electron chi connectivity index (χ2n) is 2.45. The van der Waals surface area contributed by atoms with E-state index in [1.54, 1.807) is 6.92 Å². The Morgan fingerprint density at radius 1 is 1.50 bits per heavy atom. The SMILES string of the molecule is C=C(Cl)C(Cl)C(C)[C@H](C)O. The first-order chi connectivity index (χ1) is 4.46. The zero-order valence-corrected chi connectivity index (χ0v) is 7.65. The van der Waals surface area contributed by atoms with Crippen LogP contribution in [0.4, 0.5) is 0 Å². The summed E-state index contributed by atoms with van der Waals surface area (Å²) in [5.41, 5.74) is 0. The smallest absolute Gasteiger partial charge is 0.0736 e. The van der Waals surface area contributed by atoms with Crippen molar-refractivity contribution in [1.29, 1.82) is 0 Å².